The molecule has 0 saturated heterocycles. The van der Waals surface area contributed by atoms with Crippen LogP contribution in [0, 0.1) is 6.92 Å². The number of rotatable bonds is 7. The van der Waals surface area contributed by atoms with Crippen LogP contribution in [0.5, 0.6) is 0 Å². The van der Waals surface area contributed by atoms with Crippen LogP contribution in [0.3, 0.4) is 0 Å². The number of aliphatic hydroxyl groups excluding tert-OH is 1. The van der Waals surface area contributed by atoms with Crippen molar-refractivity contribution in [2.24, 2.45) is 0 Å². The maximum Gasteiger partial charge on any atom is 0.261 e. The van der Waals surface area contributed by atoms with Crippen LogP contribution in [0.4, 0.5) is 0 Å². The van der Waals surface area contributed by atoms with Gasteiger partial charge in [0.2, 0.25) is 0 Å². The first-order valence-corrected chi connectivity index (χ1v) is 12.5. The smallest absolute Gasteiger partial charge is 0.261 e. The van der Waals surface area contributed by atoms with Crippen LogP contribution < -0.4 is 5.56 Å². The van der Waals surface area contributed by atoms with E-state index in [1.54, 1.807) is 17.1 Å². The fourth-order valence-electron chi connectivity index (χ4n) is 4.98. The van der Waals surface area contributed by atoms with Gasteiger partial charge in [0.1, 0.15) is 0 Å². The minimum atomic E-state index is -0.597. The summed E-state index contributed by atoms with van der Waals surface area (Å²) in [4.78, 5) is 27.3. The van der Waals surface area contributed by atoms with Crippen LogP contribution in [0.25, 0.3) is 32.9 Å². The SMILES string of the molecule is CCC(O)C(CC)n1cnc2c(cc(Cc3ccc(-c4ccnc(C)c4)nc3)c3ccccc32)c1=O. The average molecular weight is 479 g/mol. The van der Waals surface area contributed by atoms with Gasteiger partial charge in [-0.05, 0) is 67.0 Å². The minimum absolute atomic E-state index is 0.118. The summed E-state index contributed by atoms with van der Waals surface area (Å²) < 4.78 is 1.60. The van der Waals surface area contributed by atoms with Crippen LogP contribution in [0.15, 0.2) is 78.1 Å². The largest absolute Gasteiger partial charge is 0.391 e. The molecule has 0 aliphatic heterocycles. The lowest BCUT2D eigenvalue weighted by atomic mass is 9.96. The zero-order valence-corrected chi connectivity index (χ0v) is 20.8. The Balaban J connectivity index is 1.59. The van der Waals surface area contributed by atoms with Crippen LogP contribution in [-0.2, 0) is 6.42 Å². The zero-order valence-electron chi connectivity index (χ0n) is 20.8. The summed E-state index contributed by atoms with van der Waals surface area (Å²) in [7, 11) is 0. The van der Waals surface area contributed by atoms with Crippen molar-refractivity contribution in [1.82, 2.24) is 19.5 Å². The lowest BCUT2D eigenvalue weighted by molar-refractivity contribution is 0.104. The number of aromatic nitrogens is 4. The van der Waals surface area contributed by atoms with Crippen molar-refractivity contribution in [3.05, 3.63) is 100 Å². The van der Waals surface area contributed by atoms with Gasteiger partial charge in [-0.2, -0.15) is 0 Å². The molecular formula is C30H30N4O2. The molecule has 5 aromatic rings. The highest BCUT2D eigenvalue weighted by Gasteiger charge is 2.21. The van der Waals surface area contributed by atoms with Crippen molar-refractivity contribution in [2.45, 2.75) is 52.2 Å². The Morgan fingerprint density at radius 1 is 0.917 bits per heavy atom. The molecule has 6 heteroatoms. The van der Waals surface area contributed by atoms with E-state index in [9.17, 15) is 9.90 Å². The van der Waals surface area contributed by atoms with Crippen molar-refractivity contribution in [3.8, 4) is 11.3 Å². The third kappa shape index (κ3) is 4.40. The number of hydrogen-bond acceptors (Lipinski definition) is 5. The minimum Gasteiger partial charge on any atom is -0.391 e. The highest BCUT2D eigenvalue weighted by Crippen LogP contribution is 2.29. The molecule has 3 heterocycles. The molecule has 5 rings (SSSR count). The standard InChI is InChI=1S/C30H30N4O2/c1-4-27(28(35)5-2)34-18-33-29-24-9-7-6-8-23(24)22(16-25(29)30(34)36)15-20-10-11-26(32-17-20)21-12-13-31-19(3)14-21/h6-14,16-18,27-28,35H,4-5,15H2,1-3H3. The molecular weight excluding hydrogens is 448 g/mol. The quantitative estimate of drug-likeness (QED) is 0.307. The third-order valence-corrected chi connectivity index (χ3v) is 6.93. The van der Waals surface area contributed by atoms with Crippen LogP contribution >= 0.6 is 0 Å². The Kier molecular flexibility index (Phi) is 6.61. The maximum absolute atomic E-state index is 13.6. The fourth-order valence-corrected chi connectivity index (χ4v) is 4.98. The topological polar surface area (TPSA) is 80.9 Å². The van der Waals surface area contributed by atoms with E-state index in [2.05, 4.69) is 22.1 Å². The highest BCUT2D eigenvalue weighted by molar-refractivity contribution is 6.06. The van der Waals surface area contributed by atoms with Gasteiger partial charge in [0.15, 0.2) is 0 Å². The second-order valence-corrected chi connectivity index (χ2v) is 9.30. The molecule has 182 valence electrons. The number of benzene rings is 2. The van der Waals surface area contributed by atoms with Gasteiger partial charge in [0.25, 0.3) is 5.56 Å². The summed E-state index contributed by atoms with van der Waals surface area (Å²) >= 11 is 0. The van der Waals surface area contributed by atoms with Crippen LogP contribution in [0.2, 0.25) is 0 Å². The summed E-state index contributed by atoms with van der Waals surface area (Å²) in [5.74, 6) is 0. The molecule has 0 fully saturated rings. The second-order valence-electron chi connectivity index (χ2n) is 9.30. The molecule has 0 amide bonds. The number of aryl methyl sites for hydroxylation is 1. The molecule has 2 atom stereocenters. The molecule has 2 aromatic carbocycles. The van der Waals surface area contributed by atoms with E-state index in [0.29, 0.717) is 30.2 Å². The molecule has 2 unspecified atom stereocenters. The number of hydrogen-bond donors (Lipinski definition) is 1. The first-order chi connectivity index (χ1) is 17.5. The Bertz CT molecular complexity index is 1590. The van der Waals surface area contributed by atoms with Gasteiger partial charge in [-0.3, -0.25) is 19.3 Å². The van der Waals surface area contributed by atoms with E-state index in [-0.39, 0.29) is 11.6 Å². The molecule has 0 bridgehead atoms. The first kappa shape index (κ1) is 23.8. The molecule has 3 aromatic heterocycles. The fraction of sp³-hybridized carbons (Fsp3) is 0.267. The van der Waals surface area contributed by atoms with Gasteiger partial charge in [-0.1, -0.05) is 44.2 Å². The molecule has 0 aliphatic carbocycles. The number of nitrogens with zero attached hydrogens (tertiary/aromatic N) is 4. The summed E-state index contributed by atoms with van der Waals surface area (Å²) in [5, 5.41) is 13.1. The van der Waals surface area contributed by atoms with Crippen LogP contribution in [0.1, 0.15) is 49.6 Å². The van der Waals surface area contributed by atoms with E-state index in [1.807, 2.05) is 69.4 Å². The Morgan fingerprint density at radius 2 is 1.72 bits per heavy atom. The summed E-state index contributed by atoms with van der Waals surface area (Å²) in [6, 6.07) is 17.8. The van der Waals surface area contributed by atoms with Gasteiger partial charge in [-0.25, -0.2) is 4.98 Å². The third-order valence-electron chi connectivity index (χ3n) is 6.93. The number of aliphatic hydroxyl groups is 1. The lowest BCUT2D eigenvalue weighted by Gasteiger charge is -2.23. The van der Waals surface area contributed by atoms with Gasteiger partial charge < -0.3 is 5.11 Å². The van der Waals surface area contributed by atoms with E-state index in [0.717, 1.165) is 38.9 Å². The summed E-state index contributed by atoms with van der Waals surface area (Å²) in [6.07, 6.45) is 6.56. The number of pyridine rings is 2. The van der Waals surface area contributed by atoms with Gasteiger partial charge >= 0.3 is 0 Å². The van der Waals surface area contributed by atoms with Crippen LogP contribution in [-0.4, -0.2) is 30.7 Å². The Morgan fingerprint density at radius 3 is 2.42 bits per heavy atom. The predicted octanol–water partition coefficient (Wildman–Crippen LogP) is 5.63. The van der Waals surface area contributed by atoms with Crippen molar-refractivity contribution in [1.29, 1.82) is 0 Å². The molecule has 0 aliphatic rings. The van der Waals surface area contributed by atoms with Crippen molar-refractivity contribution in [2.75, 3.05) is 0 Å². The second kappa shape index (κ2) is 9.99. The number of fused-ring (bicyclic) bond motifs is 3. The Labute approximate surface area is 210 Å². The maximum atomic E-state index is 13.6. The molecule has 0 radical (unpaired) electrons. The lowest BCUT2D eigenvalue weighted by Crippen LogP contribution is -2.32. The van der Waals surface area contributed by atoms with Gasteiger partial charge in [0, 0.05) is 29.0 Å². The van der Waals surface area contributed by atoms with E-state index in [4.69, 9.17) is 4.98 Å². The van der Waals surface area contributed by atoms with E-state index in [1.165, 1.54) is 0 Å². The molecule has 0 spiro atoms. The van der Waals surface area contributed by atoms with Gasteiger partial charge in [-0.15, -0.1) is 0 Å². The van der Waals surface area contributed by atoms with Crippen molar-refractivity contribution in [3.63, 3.8) is 0 Å². The molecule has 1 N–H and O–H groups in total. The van der Waals surface area contributed by atoms with Gasteiger partial charge in [0.05, 0.1) is 35.1 Å². The summed E-state index contributed by atoms with van der Waals surface area (Å²) in [6.45, 7) is 5.88. The monoisotopic (exact) mass is 478 g/mol. The molecule has 6 nitrogen and oxygen atoms in total. The molecule has 0 saturated carbocycles. The van der Waals surface area contributed by atoms with E-state index >= 15 is 0 Å². The average Bonchev–Trinajstić information content (AvgIpc) is 2.91. The predicted molar refractivity (Wildman–Crippen MR) is 144 cm³/mol. The Hall–Kier alpha value is -3.90. The van der Waals surface area contributed by atoms with Crippen molar-refractivity contribution >= 4 is 21.7 Å². The summed E-state index contributed by atoms with van der Waals surface area (Å²) in [5.41, 5.74) is 5.58. The molecule has 36 heavy (non-hydrogen) atoms. The van der Waals surface area contributed by atoms with Crippen molar-refractivity contribution < 1.29 is 5.11 Å². The zero-order chi connectivity index (χ0) is 25.2. The first-order valence-electron chi connectivity index (χ1n) is 12.5. The normalized spacial score (nSPS) is 13.2. The highest BCUT2D eigenvalue weighted by atomic mass is 16.3. The van der Waals surface area contributed by atoms with E-state index < -0.39 is 6.10 Å².